The van der Waals surface area contributed by atoms with E-state index in [0.717, 1.165) is 22.7 Å². The van der Waals surface area contributed by atoms with Gasteiger partial charge in [-0.3, -0.25) is 0 Å². The Labute approximate surface area is 135 Å². The molecule has 0 atom stereocenters. The molecule has 0 unspecified atom stereocenters. The lowest BCUT2D eigenvalue weighted by Gasteiger charge is -2.08. The van der Waals surface area contributed by atoms with Gasteiger partial charge in [-0.2, -0.15) is 0 Å². The lowest BCUT2D eigenvalue weighted by Crippen LogP contribution is -2.34. The molecule has 1 heterocycles. The molecule has 1 saturated carbocycles. The van der Waals surface area contributed by atoms with E-state index in [-0.39, 0.29) is 6.03 Å². The zero-order valence-electron chi connectivity index (χ0n) is 13.1. The van der Waals surface area contributed by atoms with Gasteiger partial charge in [-0.1, -0.05) is 12.1 Å². The number of nitrogens with one attached hydrogen (secondary N) is 2. The number of rotatable bonds is 6. The third-order valence-electron chi connectivity index (χ3n) is 3.78. The summed E-state index contributed by atoms with van der Waals surface area (Å²) in [5.74, 6) is 1.38. The van der Waals surface area contributed by atoms with E-state index in [4.69, 9.17) is 4.74 Å². The van der Waals surface area contributed by atoms with Crippen LogP contribution in [0.4, 0.5) is 4.79 Å². The molecule has 6 nitrogen and oxygen atoms in total. The van der Waals surface area contributed by atoms with Crippen LogP contribution in [0.15, 0.2) is 36.7 Å². The highest BCUT2D eigenvalue weighted by Gasteiger charge is 2.25. The van der Waals surface area contributed by atoms with Gasteiger partial charge in [-0.05, 0) is 36.6 Å². The number of amides is 2. The van der Waals surface area contributed by atoms with E-state index in [1.807, 2.05) is 30.3 Å². The Kier molecular flexibility index (Phi) is 4.71. The van der Waals surface area contributed by atoms with Gasteiger partial charge in [-0.25, -0.2) is 14.8 Å². The summed E-state index contributed by atoms with van der Waals surface area (Å²) < 4.78 is 5.10. The molecule has 0 spiro atoms. The lowest BCUT2D eigenvalue weighted by atomic mass is 10.2. The summed E-state index contributed by atoms with van der Waals surface area (Å²) in [6, 6.07) is 9.34. The van der Waals surface area contributed by atoms with Gasteiger partial charge in [0, 0.05) is 18.2 Å². The third-order valence-corrected chi connectivity index (χ3v) is 3.78. The number of nitrogens with zero attached hydrogens (tertiary/aromatic N) is 2. The van der Waals surface area contributed by atoms with E-state index in [2.05, 4.69) is 20.6 Å². The van der Waals surface area contributed by atoms with Crippen molar-refractivity contribution in [2.75, 3.05) is 7.11 Å². The predicted octanol–water partition coefficient (Wildman–Crippen LogP) is 2.36. The Morgan fingerprint density at radius 3 is 2.61 bits per heavy atom. The van der Waals surface area contributed by atoms with Crippen LogP contribution in [0.25, 0.3) is 0 Å². The number of urea groups is 1. The number of carbonyl (C=O) groups is 1. The summed E-state index contributed by atoms with van der Waals surface area (Å²) in [6.07, 6.45) is 3.97. The normalized spacial score (nSPS) is 13.4. The van der Waals surface area contributed by atoms with E-state index in [1.54, 1.807) is 13.4 Å². The van der Waals surface area contributed by atoms with Crippen LogP contribution in [0, 0.1) is 0 Å². The van der Waals surface area contributed by atoms with Gasteiger partial charge >= 0.3 is 6.03 Å². The van der Waals surface area contributed by atoms with Gasteiger partial charge in [0.2, 0.25) is 0 Å². The molecule has 2 amide bonds. The van der Waals surface area contributed by atoms with Crippen molar-refractivity contribution in [3.8, 4) is 5.75 Å². The molecular weight excluding hydrogens is 292 g/mol. The molecule has 3 rings (SSSR count). The summed E-state index contributed by atoms with van der Waals surface area (Å²) in [7, 11) is 1.63. The molecule has 23 heavy (non-hydrogen) atoms. The Morgan fingerprint density at radius 2 is 1.91 bits per heavy atom. The standard InChI is InChI=1S/C17H20N4O2/c1-23-15-6-2-12(3-7-15)9-18-17(22)19-10-14-8-16(13-4-5-13)21-11-20-14/h2-3,6-8,11,13H,4-5,9-10H2,1H3,(H2,18,19,22). The van der Waals surface area contributed by atoms with Crippen molar-refractivity contribution in [3.63, 3.8) is 0 Å². The number of hydrogen-bond acceptors (Lipinski definition) is 4. The molecule has 1 fully saturated rings. The monoisotopic (exact) mass is 312 g/mol. The third kappa shape index (κ3) is 4.42. The fourth-order valence-corrected chi connectivity index (χ4v) is 2.27. The second-order valence-corrected chi connectivity index (χ2v) is 5.59. The van der Waals surface area contributed by atoms with Crippen LogP contribution >= 0.6 is 0 Å². The first-order valence-corrected chi connectivity index (χ1v) is 7.70. The highest BCUT2D eigenvalue weighted by molar-refractivity contribution is 5.73. The number of hydrogen-bond donors (Lipinski definition) is 2. The van der Waals surface area contributed by atoms with Crippen molar-refractivity contribution < 1.29 is 9.53 Å². The Hall–Kier alpha value is -2.63. The largest absolute Gasteiger partial charge is 0.497 e. The second-order valence-electron chi connectivity index (χ2n) is 5.59. The van der Waals surface area contributed by atoms with Crippen LogP contribution in [0.1, 0.15) is 35.7 Å². The average Bonchev–Trinajstić information content (AvgIpc) is 3.44. The van der Waals surface area contributed by atoms with Crippen molar-refractivity contribution in [1.82, 2.24) is 20.6 Å². The van der Waals surface area contributed by atoms with Crippen LogP contribution in [0.2, 0.25) is 0 Å². The molecule has 1 aromatic heterocycles. The molecule has 0 radical (unpaired) electrons. The van der Waals surface area contributed by atoms with Crippen LogP contribution in [-0.4, -0.2) is 23.1 Å². The molecule has 2 aromatic rings. The first kappa shape index (κ1) is 15.3. The molecule has 1 aliphatic rings. The maximum atomic E-state index is 11.9. The van der Waals surface area contributed by atoms with Gasteiger partial charge in [0.25, 0.3) is 0 Å². The van der Waals surface area contributed by atoms with Crippen LogP contribution < -0.4 is 15.4 Å². The molecular formula is C17H20N4O2. The van der Waals surface area contributed by atoms with E-state index in [1.165, 1.54) is 12.8 Å². The fraction of sp³-hybridized carbons (Fsp3) is 0.353. The molecule has 2 N–H and O–H groups in total. The van der Waals surface area contributed by atoms with Crippen LogP contribution in [0.3, 0.4) is 0 Å². The summed E-state index contributed by atoms with van der Waals surface area (Å²) >= 11 is 0. The SMILES string of the molecule is COc1ccc(CNC(=O)NCc2cc(C3CC3)ncn2)cc1. The Morgan fingerprint density at radius 1 is 1.17 bits per heavy atom. The minimum atomic E-state index is -0.215. The summed E-state index contributed by atoms with van der Waals surface area (Å²) in [6.45, 7) is 0.865. The van der Waals surface area contributed by atoms with Gasteiger partial charge < -0.3 is 15.4 Å². The van der Waals surface area contributed by atoms with Crippen LogP contribution in [0.5, 0.6) is 5.75 Å². The van der Waals surface area contributed by atoms with Gasteiger partial charge in [0.05, 0.1) is 19.3 Å². The van der Waals surface area contributed by atoms with Crippen molar-refractivity contribution >= 4 is 6.03 Å². The minimum Gasteiger partial charge on any atom is -0.497 e. The fourth-order valence-electron chi connectivity index (χ4n) is 2.27. The van der Waals surface area contributed by atoms with Gasteiger partial charge in [0.15, 0.2) is 0 Å². The van der Waals surface area contributed by atoms with Gasteiger partial charge in [-0.15, -0.1) is 0 Å². The van der Waals surface area contributed by atoms with E-state index in [9.17, 15) is 4.79 Å². The number of benzene rings is 1. The highest BCUT2D eigenvalue weighted by Crippen LogP contribution is 2.38. The molecule has 0 bridgehead atoms. The Bertz CT molecular complexity index is 669. The second kappa shape index (κ2) is 7.09. The van der Waals surface area contributed by atoms with Crippen molar-refractivity contribution in [2.45, 2.75) is 31.8 Å². The molecule has 1 aliphatic carbocycles. The number of methoxy groups -OCH3 is 1. The summed E-state index contributed by atoms with van der Waals surface area (Å²) in [5.41, 5.74) is 2.93. The zero-order valence-corrected chi connectivity index (χ0v) is 13.1. The number of carbonyl (C=O) groups excluding carboxylic acids is 1. The summed E-state index contributed by atoms with van der Waals surface area (Å²) in [5, 5.41) is 5.64. The average molecular weight is 312 g/mol. The zero-order chi connectivity index (χ0) is 16.1. The first-order valence-electron chi connectivity index (χ1n) is 7.70. The quantitative estimate of drug-likeness (QED) is 0.858. The maximum absolute atomic E-state index is 11.9. The maximum Gasteiger partial charge on any atom is 0.315 e. The van der Waals surface area contributed by atoms with Gasteiger partial charge in [0.1, 0.15) is 12.1 Å². The highest BCUT2D eigenvalue weighted by atomic mass is 16.5. The molecule has 1 aromatic carbocycles. The van der Waals surface area contributed by atoms with E-state index in [0.29, 0.717) is 19.0 Å². The molecule has 120 valence electrons. The smallest absolute Gasteiger partial charge is 0.315 e. The van der Waals surface area contributed by atoms with Crippen molar-refractivity contribution in [3.05, 3.63) is 53.6 Å². The Balaban J connectivity index is 1.44. The van der Waals surface area contributed by atoms with Crippen molar-refractivity contribution in [1.29, 1.82) is 0 Å². The topological polar surface area (TPSA) is 76.1 Å². The van der Waals surface area contributed by atoms with E-state index >= 15 is 0 Å². The predicted molar refractivity (Wildman–Crippen MR) is 86.1 cm³/mol. The molecule has 0 aliphatic heterocycles. The molecule has 6 heteroatoms. The lowest BCUT2D eigenvalue weighted by molar-refractivity contribution is 0.240. The summed E-state index contributed by atoms with van der Waals surface area (Å²) in [4.78, 5) is 20.3. The number of aromatic nitrogens is 2. The first-order chi connectivity index (χ1) is 11.2. The van der Waals surface area contributed by atoms with Crippen molar-refractivity contribution in [2.24, 2.45) is 0 Å². The van der Waals surface area contributed by atoms with E-state index < -0.39 is 0 Å². The molecule has 0 saturated heterocycles. The minimum absolute atomic E-state index is 0.215. The van der Waals surface area contributed by atoms with Crippen LogP contribution in [-0.2, 0) is 13.1 Å². The number of ether oxygens (including phenoxy) is 1.